The Morgan fingerprint density at radius 1 is 1.52 bits per heavy atom. The highest BCUT2D eigenvalue weighted by molar-refractivity contribution is 6.33. The molecule has 1 saturated heterocycles. The van der Waals surface area contributed by atoms with E-state index in [2.05, 4.69) is 0 Å². The number of anilines is 1. The van der Waals surface area contributed by atoms with Gasteiger partial charge in [-0.2, -0.15) is 5.26 Å². The molecule has 110 valence electrons. The summed E-state index contributed by atoms with van der Waals surface area (Å²) in [5.41, 5.74) is 1.24. The molecule has 1 aromatic rings. The van der Waals surface area contributed by atoms with Gasteiger partial charge in [0.15, 0.2) is 6.04 Å². The van der Waals surface area contributed by atoms with Gasteiger partial charge in [0.25, 0.3) is 0 Å². The second kappa shape index (κ2) is 5.62. The lowest BCUT2D eigenvalue weighted by molar-refractivity contribution is -0.143. The summed E-state index contributed by atoms with van der Waals surface area (Å²) >= 11 is 6.10. The minimum absolute atomic E-state index is 0.242. The molecule has 0 aromatic heterocycles. The van der Waals surface area contributed by atoms with E-state index in [4.69, 9.17) is 26.3 Å². The first-order chi connectivity index (χ1) is 9.92. The molecule has 1 heterocycles. The van der Waals surface area contributed by atoms with Crippen molar-refractivity contribution in [2.75, 3.05) is 12.0 Å². The zero-order valence-electron chi connectivity index (χ0n) is 11.7. The van der Waals surface area contributed by atoms with E-state index in [0.29, 0.717) is 16.8 Å². The first-order valence-corrected chi connectivity index (χ1v) is 6.57. The van der Waals surface area contributed by atoms with Crippen LogP contribution in [0.25, 0.3) is 0 Å². The summed E-state index contributed by atoms with van der Waals surface area (Å²) in [5.74, 6) is -0.576. The Hall–Kier alpha value is -2.26. The van der Waals surface area contributed by atoms with Crippen molar-refractivity contribution in [1.29, 1.82) is 5.26 Å². The third-order valence-corrected chi connectivity index (χ3v) is 3.87. The summed E-state index contributed by atoms with van der Waals surface area (Å²) in [6, 6.07) is 4.14. The maximum absolute atomic E-state index is 12.0. The number of hydrogen-bond donors (Lipinski definition) is 0. The molecule has 7 heteroatoms. The molecule has 2 atom stereocenters. The number of hydrogen-bond acceptors (Lipinski definition) is 5. The van der Waals surface area contributed by atoms with Crippen LogP contribution in [-0.4, -0.2) is 31.3 Å². The number of amides is 1. The van der Waals surface area contributed by atoms with E-state index in [9.17, 15) is 9.59 Å². The van der Waals surface area contributed by atoms with Crippen molar-refractivity contribution in [3.05, 3.63) is 28.3 Å². The molecule has 2 rings (SSSR count). The highest BCUT2D eigenvalue weighted by atomic mass is 35.5. The molecule has 0 unspecified atom stereocenters. The Morgan fingerprint density at radius 3 is 2.76 bits per heavy atom. The molecule has 21 heavy (non-hydrogen) atoms. The van der Waals surface area contributed by atoms with E-state index in [1.165, 1.54) is 18.1 Å². The van der Waals surface area contributed by atoms with E-state index in [0.717, 1.165) is 0 Å². The van der Waals surface area contributed by atoms with Crippen LogP contribution in [0.5, 0.6) is 0 Å². The van der Waals surface area contributed by atoms with Gasteiger partial charge in [0, 0.05) is 0 Å². The quantitative estimate of drug-likeness (QED) is 0.784. The number of halogens is 1. The molecule has 0 aliphatic carbocycles. The molecule has 0 saturated carbocycles. The van der Waals surface area contributed by atoms with Crippen LogP contribution < -0.4 is 4.90 Å². The Labute approximate surface area is 126 Å². The van der Waals surface area contributed by atoms with Crippen LogP contribution in [0.4, 0.5) is 10.5 Å². The van der Waals surface area contributed by atoms with Crippen LogP contribution in [0.2, 0.25) is 5.02 Å². The average molecular weight is 309 g/mol. The number of nitriles is 1. The number of carbonyl (C=O) groups excluding carboxylic acids is 2. The molecule has 1 aliphatic heterocycles. The van der Waals surface area contributed by atoms with Gasteiger partial charge in [-0.3, -0.25) is 4.90 Å². The Balaban J connectivity index is 2.54. The monoisotopic (exact) mass is 308 g/mol. The summed E-state index contributed by atoms with van der Waals surface area (Å²) in [7, 11) is 1.24. The minimum Gasteiger partial charge on any atom is -0.467 e. The van der Waals surface area contributed by atoms with Crippen LogP contribution in [-0.2, 0) is 14.3 Å². The number of benzene rings is 1. The number of ether oxygens (including phenoxy) is 2. The van der Waals surface area contributed by atoms with Gasteiger partial charge in [-0.15, -0.1) is 0 Å². The molecule has 6 nitrogen and oxygen atoms in total. The lowest BCUT2D eigenvalue weighted by Gasteiger charge is -2.23. The van der Waals surface area contributed by atoms with Crippen LogP contribution in [0.3, 0.4) is 0 Å². The third kappa shape index (κ3) is 2.41. The number of esters is 1. The third-order valence-electron chi connectivity index (χ3n) is 3.39. The van der Waals surface area contributed by atoms with Gasteiger partial charge >= 0.3 is 12.1 Å². The lowest BCUT2D eigenvalue weighted by Crippen LogP contribution is -2.43. The SMILES string of the molecule is COC(=O)[C@H]1[C@H](C)OC(=O)N1c1ccc(C#N)c(Cl)c1C. The summed E-state index contributed by atoms with van der Waals surface area (Å²) in [4.78, 5) is 25.1. The number of carbonyl (C=O) groups is 2. The number of methoxy groups -OCH3 is 1. The van der Waals surface area contributed by atoms with Gasteiger partial charge < -0.3 is 9.47 Å². The highest BCUT2D eigenvalue weighted by Gasteiger charge is 2.46. The van der Waals surface area contributed by atoms with Gasteiger partial charge in [-0.25, -0.2) is 9.59 Å². The first-order valence-electron chi connectivity index (χ1n) is 6.19. The fourth-order valence-corrected chi connectivity index (χ4v) is 2.49. The van der Waals surface area contributed by atoms with Crippen molar-refractivity contribution in [3.63, 3.8) is 0 Å². The van der Waals surface area contributed by atoms with Crippen molar-refractivity contribution < 1.29 is 19.1 Å². The van der Waals surface area contributed by atoms with Crippen molar-refractivity contribution in [3.8, 4) is 6.07 Å². The maximum atomic E-state index is 12.0. The zero-order valence-corrected chi connectivity index (χ0v) is 12.5. The minimum atomic E-state index is -0.884. The molecule has 0 radical (unpaired) electrons. The topological polar surface area (TPSA) is 79.6 Å². The van der Waals surface area contributed by atoms with Crippen molar-refractivity contribution in [2.45, 2.75) is 26.0 Å². The van der Waals surface area contributed by atoms with Crippen LogP contribution in [0, 0.1) is 18.3 Å². The van der Waals surface area contributed by atoms with Crippen LogP contribution in [0.1, 0.15) is 18.1 Å². The van der Waals surface area contributed by atoms with E-state index in [1.54, 1.807) is 19.9 Å². The molecule has 0 N–H and O–H groups in total. The summed E-state index contributed by atoms with van der Waals surface area (Å²) in [6.07, 6.45) is -1.29. The Morgan fingerprint density at radius 2 is 2.19 bits per heavy atom. The molecular formula is C14H13ClN2O4. The molecule has 0 bridgehead atoms. The smallest absolute Gasteiger partial charge is 0.415 e. The van der Waals surface area contributed by atoms with Gasteiger partial charge in [0.1, 0.15) is 12.2 Å². The second-order valence-electron chi connectivity index (χ2n) is 4.61. The van der Waals surface area contributed by atoms with Crippen molar-refractivity contribution in [2.24, 2.45) is 0 Å². The standard InChI is InChI=1S/C14H13ClN2O4/c1-7-10(5-4-9(6-16)11(7)15)17-12(13(18)20-3)8(2)21-14(17)19/h4-5,8,12H,1-3H3/t8-,12+/m0/s1. The summed E-state index contributed by atoms with van der Waals surface area (Å²) in [5, 5.41) is 9.20. The fourth-order valence-electron chi connectivity index (χ4n) is 2.29. The molecular weight excluding hydrogens is 296 g/mol. The molecule has 1 aromatic carbocycles. The van der Waals surface area contributed by atoms with Gasteiger partial charge in [0.2, 0.25) is 0 Å². The van der Waals surface area contributed by atoms with Gasteiger partial charge in [-0.05, 0) is 31.5 Å². The highest BCUT2D eigenvalue weighted by Crippen LogP contribution is 2.34. The zero-order chi connectivity index (χ0) is 15.7. The van der Waals surface area contributed by atoms with Crippen molar-refractivity contribution >= 4 is 29.4 Å². The fraction of sp³-hybridized carbons (Fsp3) is 0.357. The van der Waals surface area contributed by atoms with Crippen molar-refractivity contribution in [1.82, 2.24) is 0 Å². The molecule has 0 spiro atoms. The molecule has 1 fully saturated rings. The predicted molar refractivity (Wildman–Crippen MR) is 75.1 cm³/mol. The molecule has 1 amide bonds. The average Bonchev–Trinajstić information content (AvgIpc) is 2.75. The van der Waals surface area contributed by atoms with Crippen LogP contribution in [0.15, 0.2) is 12.1 Å². The second-order valence-corrected chi connectivity index (χ2v) is 4.99. The molecule has 1 aliphatic rings. The lowest BCUT2D eigenvalue weighted by atomic mass is 10.1. The Bertz CT molecular complexity index is 653. The predicted octanol–water partition coefficient (Wildman–Crippen LogP) is 2.41. The number of nitrogens with zero attached hydrogens (tertiary/aromatic N) is 2. The Kier molecular flexibility index (Phi) is 4.05. The normalized spacial score (nSPS) is 20.9. The van der Waals surface area contributed by atoms with Gasteiger partial charge in [-0.1, -0.05) is 11.6 Å². The van der Waals surface area contributed by atoms with Gasteiger partial charge in [0.05, 0.1) is 23.4 Å². The first kappa shape index (κ1) is 15.1. The van der Waals surface area contributed by atoms with E-state index < -0.39 is 24.2 Å². The number of cyclic esters (lactones) is 1. The largest absolute Gasteiger partial charge is 0.467 e. The van der Waals surface area contributed by atoms with E-state index >= 15 is 0 Å². The van der Waals surface area contributed by atoms with E-state index in [1.807, 2.05) is 6.07 Å². The summed E-state index contributed by atoms with van der Waals surface area (Å²) in [6.45, 7) is 3.28. The van der Waals surface area contributed by atoms with Crippen LogP contribution >= 0.6 is 11.6 Å². The summed E-state index contributed by atoms with van der Waals surface area (Å²) < 4.78 is 9.81. The number of rotatable bonds is 2. The maximum Gasteiger partial charge on any atom is 0.415 e. The van der Waals surface area contributed by atoms with E-state index in [-0.39, 0.29) is 5.02 Å².